The average molecular weight is 403 g/mol. The SMILES string of the molecule is COC(=O)[C@H](Cc1cccc(OCc2ccccc2)c1)NC(=O)Cc1ccccc1. The standard InChI is InChI=1S/C25H25NO4/c1-29-25(28)23(26-24(27)17-19-9-4-2-5-10-19)16-21-13-8-14-22(15-21)30-18-20-11-6-3-7-12-20/h2-15,23H,16-18H2,1H3,(H,26,27)/t23-/m0/s1. The molecule has 0 saturated carbocycles. The van der Waals surface area contributed by atoms with E-state index < -0.39 is 12.0 Å². The molecule has 3 aromatic carbocycles. The monoisotopic (exact) mass is 403 g/mol. The number of nitrogens with one attached hydrogen (secondary N) is 1. The molecule has 0 spiro atoms. The Labute approximate surface area is 176 Å². The van der Waals surface area contributed by atoms with Crippen molar-refractivity contribution in [2.75, 3.05) is 7.11 Å². The molecule has 0 aromatic heterocycles. The first-order valence-electron chi connectivity index (χ1n) is 9.81. The van der Waals surface area contributed by atoms with Crippen LogP contribution >= 0.6 is 0 Å². The molecule has 5 heteroatoms. The van der Waals surface area contributed by atoms with E-state index in [1.807, 2.05) is 84.9 Å². The van der Waals surface area contributed by atoms with E-state index in [2.05, 4.69) is 5.32 Å². The number of methoxy groups -OCH3 is 1. The van der Waals surface area contributed by atoms with Gasteiger partial charge in [-0.1, -0.05) is 72.8 Å². The van der Waals surface area contributed by atoms with Crippen LogP contribution < -0.4 is 10.1 Å². The Balaban J connectivity index is 1.62. The first-order chi connectivity index (χ1) is 14.6. The average Bonchev–Trinajstić information content (AvgIpc) is 2.78. The largest absolute Gasteiger partial charge is 0.489 e. The predicted octanol–water partition coefficient (Wildman–Crippen LogP) is 3.71. The van der Waals surface area contributed by atoms with Crippen LogP contribution in [0.15, 0.2) is 84.9 Å². The van der Waals surface area contributed by atoms with Crippen LogP contribution in [0.2, 0.25) is 0 Å². The lowest BCUT2D eigenvalue weighted by atomic mass is 10.0. The summed E-state index contributed by atoms with van der Waals surface area (Å²) < 4.78 is 10.7. The quantitative estimate of drug-likeness (QED) is 0.553. The molecular formula is C25H25NO4. The van der Waals surface area contributed by atoms with Crippen molar-refractivity contribution in [3.63, 3.8) is 0 Å². The fourth-order valence-corrected chi connectivity index (χ4v) is 3.10. The number of hydrogen-bond acceptors (Lipinski definition) is 4. The molecule has 30 heavy (non-hydrogen) atoms. The Morgan fingerprint density at radius 2 is 1.47 bits per heavy atom. The number of carbonyl (C=O) groups excluding carboxylic acids is 2. The fraction of sp³-hybridized carbons (Fsp3) is 0.200. The third-order valence-electron chi connectivity index (χ3n) is 4.62. The van der Waals surface area contributed by atoms with Crippen molar-refractivity contribution >= 4 is 11.9 Å². The molecule has 0 fully saturated rings. The Morgan fingerprint density at radius 1 is 0.833 bits per heavy atom. The summed E-state index contributed by atoms with van der Waals surface area (Å²) in [6, 6.07) is 26.0. The molecule has 0 bridgehead atoms. The van der Waals surface area contributed by atoms with Crippen LogP contribution in [0.3, 0.4) is 0 Å². The first-order valence-corrected chi connectivity index (χ1v) is 9.81. The van der Waals surface area contributed by atoms with Crippen molar-refractivity contribution in [2.24, 2.45) is 0 Å². The fourth-order valence-electron chi connectivity index (χ4n) is 3.10. The van der Waals surface area contributed by atoms with Crippen molar-refractivity contribution in [2.45, 2.75) is 25.5 Å². The minimum Gasteiger partial charge on any atom is -0.489 e. The maximum absolute atomic E-state index is 12.4. The lowest BCUT2D eigenvalue weighted by molar-refractivity contribution is -0.145. The van der Waals surface area contributed by atoms with Gasteiger partial charge < -0.3 is 14.8 Å². The maximum atomic E-state index is 12.4. The molecule has 0 heterocycles. The van der Waals surface area contributed by atoms with E-state index in [1.54, 1.807) is 0 Å². The molecule has 0 saturated heterocycles. The zero-order valence-electron chi connectivity index (χ0n) is 16.9. The maximum Gasteiger partial charge on any atom is 0.328 e. The topological polar surface area (TPSA) is 64.6 Å². The minimum absolute atomic E-state index is 0.203. The second-order valence-electron chi connectivity index (χ2n) is 6.93. The summed E-state index contributed by atoms with van der Waals surface area (Å²) in [5, 5.41) is 2.79. The number of hydrogen-bond donors (Lipinski definition) is 1. The molecule has 0 radical (unpaired) electrons. The Bertz CT molecular complexity index is 957. The smallest absolute Gasteiger partial charge is 0.328 e. The third kappa shape index (κ3) is 6.48. The summed E-state index contributed by atoms with van der Waals surface area (Å²) >= 11 is 0. The zero-order chi connectivity index (χ0) is 21.2. The molecule has 3 rings (SSSR count). The van der Waals surface area contributed by atoms with E-state index in [-0.39, 0.29) is 12.3 Å². The Morgan fingerprint density at radius 3 is 2.13 bits per heavy atom. The number of ether oxygens (including phenoxy) is 2. The number of amides is 1. The van der Waals surface area contributed by atoms with Gasteiger partial charge in [0.05, 0.1) is 13.5 Å². The van der Waals surface area contributed by atoms with E-state index in [0.717, 1.165) is 16.7 Å². The van der Waals surface area contributed by atoms with Crippen LogP contribution in [0.25, 0.3) is 0 Å². The summed E-state index contributed by atoms with van der Waals surface area (Å²) in [6.07, 6.45) is 0.518. The van der Waals surface area contributed by atoms with E-state index >= 15 is 0 Å². The van der Waals surface area contributed by atoms with E-state index in [4.69, 9.17) is 9.47 Å². The number of esters is 1. The van der Waals surface area contributed by atoms with Crippen molar-refractivity contribution in [1.82, 2.24) is 5.32 Å². The molecule has 3 aromatic rings. The van der Waals surface area contributed by atoms with Crippen LogP contribution in [0.1, 0.15) is 16.7 Å². The highest BCUT2D eigenvalue weighted by Crippen LogP contribution is 2.17. The van der Waals surface area contributed by atoms with Gasteiger partial charge in [0, 0.05) is 6.42 Å². The van der Waals surface area contributed by atoms with Crippen LogP contribution in [0, 0.1) is 0 Å². The molecule has 1 amide bonds. The predicted molar refractivity (Wildman–Crippen MR) is 115 cm³/mol. The molecular weight excluding hydrogens is 378 g/mol. The number of rotatable bonds is 9. The zero-order valence-corrected chi connectivity index (χ0v) is 16.9. The van der Waals surface area contributed by atoms with Crippen LogP contribution in [0.4, 0.5) is 0 Å². The highest BCUT2D eigenvalue weighted by Gasteiger charge is 2.22. The second kappa shape index (κ2) is 10.8. The van der Waals surface area contributed by atoms with Gasteiger partial charge in [-0.3, -0.25) is 4.79 Å². The van der Waals surface area contributed by atoms with Gasteiger partial charge in [0.2, 0.25) is 5.91 Å². The summed E-state index contributed by atoms with van der Waals surface area (Å²) in [7, 11) is 1.32. The van der Waals surface area contributed by atoms with Crippen LogP contribution in [0.5, 0.6) is 5.75 Å². The molecule has 5 nitrogen and oxygen atoms in total. The van der Waals surface area contributed by atoms with Crippen molar-refractivity contribution in [1.29, 1.82) is 0 Å². The van der Waals surface area contributed by atoms with Crippen molar-refractivity contribution < 1.29 is 19.1 Å². The van der Waals surface area contributed by atoms with Gasteiger partial charge >= 0.3 is 5.97 Å². The Hall–Kier alpha value is -3.60. The summed E-state index contributed by atoms with van der Waals surface area (Å²) in [5.41, 5.74) is 2.83. The lowest BCUT2D eigenvalue weighted by Crippen LogP contribution is -2.43. The molecule has 154 valence electrons. The van der Waals surface area contributed by atoms with Gasteiger partial charge in [0.25, 0.3) is 0 Å². The van der Waals surface area contributed by atoms with Crippen LogP contribution in [-0.4, -0.2) is 25.0 Å². The van der Waals surface area contributed by atoms with Crippen LogP contribution in [-0.2, 0) is 33.8 Å². The van der Waals surface area contributed by atoms with Gasteiger partial charge in [-0.2, -0.15) is 0 Å². The molecule has 1 N–H and O–H groups in total. The summed E-state index contributed by atoms with van der Waals surface area (Å²) in [4.78, 5) is 24.6. The highest BCUT2D eigenvalue weighted by molar-refractivity contribution is 5.85. The lowest BCUT2D eigenvalue weighted by Gasteiger charge is -2.17. The van der Waals surface area contributed by atoms with E-state index in [0.29, 0.717) is 18.8 Å². The highest BCUT2D eigenvalue weighted by atomic mass is 16.5. The first kappa shape index (κ1) is 21.1. The van der Waals surface area contributed by atoms with E-state index in [9.17, 15) is 9.59 Å². The van der Waals surface area contributed by atoms with Gasteiger partial charge in [-0.05, 0) is 28.8 Å². The summed E-state index contributed by atoms with van der Waals surface area (Å²) in [5.74, 6) is -0.00400. The van der Waals surface area contributed by atoms with E-state index in [1.165, 1.54) is 7.11 Å². The van der Waals surface area contributed by atoms with Gasteiger partial charge in [-0.15, -0.1) is 0 Å². The second-order valence-corrected chi connectivity index (χ2v) is 6.93. The van der Waals surface area contributed by atoms with Gasteiger partial charge in [-0.25, -0.2) is 4.79 Å². The minimum atomic E-state index is -0.768. The normalized spacial score (nSPS) is 11.4. The molecule has 0 unspecified atom stereocenters. The third-order valence-corrected chi connectivity index (χ3v) is 4.62. The van der Waals surface area contributed by atoms with Gasteiger partial charge in [0.1, 0.15) is 18.4 Å². The molecule has 0 aliphatic heterocycles. The van der Waals surface area contributed by atoms with Crippen molar-refractivity contribution in [3.05, 3.63) is 102 Å². The Kier molecular flexibility index (Phi) is 7.61. The molecule has 0 aliphatic carbocycles. The number of benzene rings is 3. The van der Waals surface area contributed by atoms with Gasteiger partial charge in [0.15, 0.2) is 0 Å². The van der Waals surface area contributed by atoms with Crippen molar-refractivity contribution in [3.8, 4) is 5.75 Å². The molecule has 0 aliphatic rings. The number of carbonyl (C=O) groups is 2. The summed E-state index contributed by atoms with van der Waals surface area (Å²) in [6.45, 7) is 0.457. The molecule has 1 atom stereocenters.